The Labute approximate surface area is 242 Å². The van der Waals surface area contributed by atoms with Crippen LogP contribution in [0.5, 0.6) is 0 Å². The summed E-state index contributed by atoms with van der Waals surface area (Å²) in [6.07, 6.45) is 12.2. The van der Waals surface area contributed by atoms with Gasteiger partial charge in [0.05, 0.1) is 0 Å². The summed E-state index contributed by atoms with van der Waals surface area (Å²) < 4.78 is 8.12. The van der Waals surface area contributed by atoms with Crippen molar-refractivity contribution < 1.29 is 18.0 Å². The van der Waals surface area contributed by atoms with Crippen LogP contribution in [-0.2, 0) is 30.9 Å². The molecule has 0 N–H and O–H groups in total. The van der Waals surface area contributed by atoms with Gasteiger partial charge in [0.1, 0.15) is 0 Å². The van der Waals surface area contributed by atoms with E-state index in [-0.39, 0.29) is 0 Å². The van der Waals surface area contributed by atoms with Gasteiger partial charge in [-0.05, 0) is 0 Å². The molecule has 4 aromatic carbocycles. The third-order valence-corrected chi connectivity index (χ3v) is 39.4. The Bertz CT molecular complexity index is 1630. The van der Waals surface area contributed by atoms with E-state index in [1.807, 2.05) is 0 Å². The van der Waals surface area contributed by atoms with Gasteiger partial charge in [0.25, 0.3) is 0 Å². The standard InChI is InChI=1S/2C17H15.C3H6.2CH3.Hf/c2*1-2-13-7-3-4-10-15(13)17-12-6-9-14-8-5-11-16(14)17;1-3-2;;;/h2*3-12H,2H2,1H3;1-2H3;2*1H3;. The second-order valence-electron chi connectivity index (χ2n) is 12.9. The molecule has 4 aromatic rings. The van der Waals surface area contributed by atoms with Crippen LogP contribution in [0, 0.1) is 0 Å². The molecule has 2 aliphatic carbocycles. The second kappa shape index (κ2) is 10.2. The minimum atomic E-state index is -3.87. The zero-order valence-electron chi connectivity index (χ0n) is 25.0. The third kappa shape index (κ3) is 3.99. The van der Waals surface area contributed by atoms with Crippen molar-refractivity contribution >= 4 is 15.4 Å². The van der Waals surface area contributed by atoms with Crippen molar-refractivity contribution in [3.63, 3.8) is 0 Å². The first-order chi connectivity index (χ1) is 19.3. The van der Waals surface area contributed by atoms with Gasteiger partial charge in [-0.25, -0.2) is 0 Å². The summed E-state index contributed by atoms with van der Waals surface area (Å²) in [5.74, 6) is 0. The first kappa shape index (κ1) is 27.3. The van der Waals surface area contributed by atoms with Crippen LogP contribution in [0.2, 0.25) is 9.36 Å². The molecule has 2 atom stereocenters. The van der Waals surface area contributed by atoms with E-state index in [0.717, 1.165) is 12.8 Å². The molecule has 0 aromatic heterocycles. The van der Waals surface area contributed by atoms with Crippen molar-refractivity contribution in [2.24, 2.45) is 0 Å². The molecule has 0 saturated carbocycles. The van der Waals surface area contributed by atoms with Crippen LogP contribution in [0.4, 0.5) is 0 Å². The van der Waals surface area contributed by atoms with Crippen molar-refractivity contribution in [3.05, 3.63) is 130 Å². The van der Waals surface area contributed by atoms with Gasteiger partial charge < -0.3 is 0 Å². The predicted octanol–water partition coefficient (Wildman–Crippen LogP) is 11.0. The maximum absolute atomic E-state index is 3.87. The Kier molecular flexibility index (Phi) is 6.94. The summed E-state index contributed by atoms with van der Waals surface area (Å²) >= 11 is -3.87. The van der Waals surface area contributed by atoms with Crippen LogP contribution in [0.15, 0.2) is 97.1 Å². The normalized spacial score (nSPS) is 17.7. The SMILES string of the molecule is CCc1ccccc1-c1cccc2c1C=C[CH]2[Hf]([CH3])([CH3])(=[C](C)C)[CH]1C=Cc2c(-c3ccccc3CC)cccc21. The van der Waals surface area contributed by atoms with E-state index in [9.17, 15) is 0 Å². The number of rotatable bonds is 6. The molecule has 0 saturated heterocycles. The molecule has 0 radical (unpaired) electrons. The molecule has 0 bridgehead atoms. The second-order valence-corrected chi connectivity index (χ2v) is 39.7. The van der Waals surface area contributed by atoms with E-state index in [1.54, 1.807) is 14.4 Å². The average Bonchev–Trinajstić information content (AvgIpc) is 3.63. The Hall–Kier alpha value is -2.90. The van der Waals surface area contributed by atoms with Gasteiger partial charge in [0.15, 0.2) is 0 Å². The zero-order valence-corrected chi connectivity index (χ0v) is 28.6. The van der Waals surface area contributed by atoms with E-state index in [4.69, 9.17) is 0 Å². The van der Waals surface area contributed by atoms with E-state index >= 15 is 0 Å². The van der Waals surface area contributed by atoms with Crippen molar-refractivity contribution in [2.45, 2.75) is 57.2 Å². The Morgan fingerprint density at radius 2 is 0.950 bits per heavy atom. The molecular formula is C39H42Hf. The third-order valence-electron chi connectivity index (χ3n) is 10.7. The van der Waals surface area contributed by atoms with Crippen LogP contribution in [0.3, 0.4) is 0 Å². The van der Waals surface area contributed by atoms with Crippen molar-refractivity contribution in [2.75, 3.05) is 0 Å². The monoisotopic (exact) mass is 690 g/mol. The number of fused-ring (bicyclic) bond motifs is 2. The van der Waals surface area contributed by atoms with Crippen molar-refractivity contribution in [1.82, 2.24) is 0 Å². The summed E-state index contributed by atoms with van der Waals surface area (Å²) in [6, 6.07) is 32.0. The number of aryl methyl sites for hydroxylation is 2. The molecule has 0 amide bonds. The van der Waals surface area contributed by atoms with Gasteiger partial charge in [0.2, 0.25) is 0 Å². The van der Waals surface area contributed by atoms with E-state index < -0.39 is 18.0 Å². The van der Waals surface area contributed by atoms with Gasteiger partial charge >= 0.3 is 243 Å². The molecule has 0 spiro atoms. The molecule has 40 heavy (non-hydrogen) atoms. The summed E-state index contributed by atoms with van der Waals surface area (Å²) in [4.78, 5) is 0. The molecule has 2 unspecified atom stereocenters. The Morgan fingerprint density at radius 3 is 1.35 bits per heavy atom. The van der Waals surface area contributed by atoms with Gasteiger partial charge in [-0.15, -0.1) is 0 Å². The fraction of sp³-hybridized carbons (Fsp3) is 0.256. The molecule has 1 heteroatoms. The molecule has 0 heterocycles. The molecule has 202 valence electrons. The fourth-order valence-electron chi connectivity index (χ4n) is 7.69. The fourth-order valence-corrected chi connectivity index (χ4v) is 27.2. The van der Waals surface area contributed by atoms with Gasteiger partial charge in [0, 0.05) is 0 Å². The maximum atomic E-state index is 2.74. The van der Waals surface area contributed by atoms with Crippen molar-refractivity contribution in [3.8, 4) is 22.3 Å². The molecular weight excluding hydrogens is 647 g/mol. The Morgan fingerprint density at radius 1 is 0.550 bits per heavy atom. The minimum absolute atomic E-state index is 0.484. The van der Waals surface area contributed by atoms with Crippen molar-refractivity contribution in [1.29, 1.82) is 0 Å². The van der Waals surface area contributed by atoms with Crippen LogP contribution >= 0.6 is 0 Å². The summed E-state index contributed by atoms with van der Waals surface area (Å²) in [5, 5.41) is 0. The van der Waals surface area contributed by atoms with Crippen LogP contribution in [0.1, 0.15) is 68.4 Å². The summed E-state index contributed by atoms with van der Waals surface area (Å²) in [5.41, 5.74) is 14.4. The average molecular weight is 689 g/mol. The molecule has 0 fully saturated rings. The van der Waals surface area contributed by atoms with Gasteiger partial charge in [-0.1, -0.05) is 0 Å². The molecule has 0 nitrogen and oxygen atoms in total. The van der Waals surface area contributed by atoms with E-state index in [1.165, 1.54) is 44.5 Å². The zero-order chi connectivity index (χ0) is 28.1. The topological polar surface area (TPSA) is 0 Å². The quantitative estimate of drug-likeness (QED) is 0.177. The van der Waals surface area contributed by atoms with Crippen LogP contribution in [-0.4, -0.2) is 3.26 Å². The predicted molar refractivity (Wildman–Crippen MR) is 174 cm³/mol. The Balaban J connectivity index is 1.51. The van der Waals surface area contributed by atoms with Crippen LogP contribution in [0.25, 0.3) is 34.4 Å². The molecule has 0 aliphatic heterocycles. The molecule has 6 rings (SSSR count). The number of benzene rings is 4. The number of allylic oxidation sites excluding steroid dienone is 2. The van der Waals surface area contributed by atoms with Gasteiger partial charge in [-0.3, -0.25) is 0 Å². The first-order valence-electron chi connectivity index (χ1n) is 15.1. The molecule has 2 aliphatic rings. The number of hydrogen-bond donors (Lipinski definition) is 0. The summed E-state index contributed by atoms with van der Waals surface area (Å²) in [6.45, 7) is 9.42. The first-order valence-corrected chi connectivity index (χ1v) is 28.2. The van der Waals surface area contributed by atoms with Crippen LogP contribution < -0.4 is 0 Å². The van der Waals surface area contributed by atoms with Gasteiger partial charge in [-0.2, -0.15) is 0 Å². The number of hydrogen-bond acceptors (Lipinski definition) is 0. The summed E-state index contributed by atoms with van der Waals surface area (Å²) in [7, 11) is 0. The van der Waals surface area contributed by atoms with E-state index in [2.05, 4.69) is 146 Å². The van der Waals surface area contributed by atoms with E-state index in [0.29, 0.717) is 7.35 Å².